The topological polar surface area (TPSA) is 15.3 Å². The number of thioether (sulfide) groups is 1. The SMILES string of the molecule is CCC(CC)(CNC(C)C1CCN(C)CC1)SC. The van der Waals surface area contributed by atoms with Crippen molar-refractivity contribution >= 4 is 11.8 Å². The van der Waals surface area contributed by atoms with Crippen molar-refractivity contribution in [3.63, 3.8) is 0 Å². The minimum atomic E-state index is 0.444. The summed E-state index contributed by atoms with van der Waals surface area (Å²) in [6.45, 7) is 10.7. The maximum Gasteiger partial charge on any atom is 0.0276 e. The van der Waals surface area contributed by atoms with Gasteiger partial charge in [0, 0.05) is 17.3 Å². The van der Waals surface area contributed by atoms with E-state index in [4.69, 9.17) is 0 Å². The van der Waals surface area contributed by atoms with Crippen LogP contribution in [0, 0.1) is 5.92 Å². The summed E-state index contributed by atoms with van der Waals surface area (Å²) in [6, 6.07) is 0.670. The Hall–Kier alpha value is 0.270. The first-order valence-corrected chi connectivity index (χ1v) is 8.76. The molecule has 1 unspecified atom stereocenters. The Balaban J connectivity index is 2.37. The van der Waals surface area contributed by atoms with Gasteiger partial charge in [0.1, 0.15) is 0 Å². The van der Waals surface area contributed by atoms with Crippen LogP contribution in [-0.4, -0.2) is 48.6 Å². The number of hydrogen-bond donors (Lipinski definition) is 1. The van der Waals surface area contributed by atoms with Gasteiger partial charge in [-0.2, -0.15) is 11.8 Å². The van der Waals surface area contributed by atoms with Crippen molar-refractivity contribution in [1.29, 1.82) is 0 Å². The van der Waals surface area contributed by atoms with Gasteiger partial charge in [0.25, 0.3) is 0 Å². The van der Waals surface area contributed by atoms with Gasteiger partial charge in [-0.1, -0.05) is 13.8 Å². The fourth-order valence-electron chi connectivity index (χ4n) is 2.90. The fourth-order valence-corrected chi connectivity index (χ4v) is 3.71. The van der Waals surface area contributed by atoms with Crippen molar-refractivity contribution in [2.75, 3.05) is 32.9 Å². The van der Waals surface area contributed by atoms with E-state index >= 15 is 0 Å². The van der Waals surface area contributed by atoms with Crippen molar-refractivity contribution in [2.24, 2.45) is 5.92 Å². The highest BCUT2D eigenvalue weighted by Crippen LogP contribution is 2.30. The standard InChI is InChI=1S/C15H32N2S/c1-6-15(7-2,18-5)12-16-13(3)14-8-10-17(4)11-9-14/h13-14,16H,6-12H2,1-5H3. The molecule has 1 heterocycles. The van der Waals surface area contributed by atoms with Crippen LogP contribution < -0.4 is 5.32 Å². The summed E-state index contributed by atoms with van der Waals surface area (Å²) < 4.78 is 0.444. The van der Waals surface area contributed by atoms with Gasteiger partial charge in [0.05, 0.1) is 0 Å². The van der Waals surface area contributed by atoms with Crippen LogP contribution in [0.3, 0.4) is 0 Å². The summed E-state index contributed by atoms with van der Waals surface area (Å²) >= 11 is 2.04. The Morgan fingerprint density at radius 2 is 1.83 bits per heavy atom. The molecule has 1 N–H and O–H groups in total. The molecule has 0 aliphatic carbocycles. The molecule has 0 spiro atoms. The average Bonchev–Trinajstić information content (AvgIpc) is 2.41. The molecule has 1 atom stereocenters. The first kappa shape index (κ1) is 16.3. The highest BCUT2D eigenvalue weighted by atomic mass is 32.2. The third-order valence-corrected chi connectivity index (χ3v) is 6.53. The zero-order valence-electron chi connectivity index (χ0n) is 13.0. The molecule has 3 heteroatoms. The summed E-state index contributed by atoms with van der Waals surface area (Å²) in [5, 5.41) is 3.82. The summed E-state index contributed by atoms with van der Waals surface area (Å²) in [5.74, 6) is 0.870. The van der Waals surface area contributed by atoms with Crippen LogP contribution in [0.4, 0.5) is 0 Å². The van der Waals surface area contributed by atoms with Gasteiger partial charge in [0.2, 0.25) is 0 Å². The lowest BCUT2D eigenvalue weighted by atomic mass is 9.90. The van der Waals surface area contributed by atoms with Gasteiger partial charge in [-0.3, -0.25) is 0 Å². The monoisotopic (exact) mass is 272 g/mol. The van der Waals surface area contributed by atoms with Crippen LogP contribution in [-0.2, 0) is 0 Å². The Kier molecular flexibility index (Phi) is 7.04. The van der Waals surface area contributed by atoms with Crippen molar-refractivity contribution in [3.05, 3.63) is 0 Å². The molecular formula is C15H32N2S. The number of rotatable bonds is 7. The van der Waals surface area contributed by atoms with Crippen molar-refractivity contribution in [2.45, 2.75) is 57.2 Å². The highest BCUT2D eigenvalue weighted by molar-refractivity contribution is 8.00. The number of piperidine rings is 1. The van der Waals surface area contributed by atoms with E-state index in [1.807, 2.05) is 11.8 Å². The smallest absolute Gasteiger partial charge is 0.0276 e. The second-order valence-electron chi connectivity index (χ2n) is 5.90. The van der Waals surface area contributed by atoms with E-state index in [2.05, 4.69) is 44.3 Å². The molecule has 0 amide bonds. The van der Waals surface area contributed by atoms with Gasteiger partial charge in [0.15, 0.2) is 0 Å². The molecule has 1 saturated heterocycles. The molecule has 1 aliphatic heterocycles. The fraction of sp³-hybridized carbons (Fsp3) is 1.00. The lowest BCUT2D eigenvalue weighted by Crippen LogP contribution is -2.46. The lowest BCUT2D eigenvalue weighted by molar-refractivity contribution is 0.188. The Labute approximate surface area is 118 Å². The molecule has 0 saturated carbocycles. The minimum Gasteiger partial charge on any atom is -0.313 e. The molecule has 0 aromatic rings. The zero-order chi connectivity index (χ0) is 13.6. The van der Waals surface area contributed by atoms with E-state index in [0.29, 0.717) is 10.8 Å². The van der Waals surface area contributed by atoms with E-state index in [1.54, 1.807) is 0 Å². The molecule has 2 nitrogen and oxygen atoms in total. The summed E-state index contributed by atoms with van der Waals surface area (Å²) in [5.41, 5.74) is 0. The average molecular weight is 273 g/mol. The molecule has 0 aromatic carbocycles. The quantitative estimate of drug-likeness (QED) is 0.766. The van der Waals surface area contributed by atoms with Crippen LogP contribution >= 0.6 is 11.8 Å². The van der Waals surface area contributed by atoms with E-state index in [1.165, 1.54) is 38.8 Å². The van der Waals surface area contributed by atoms with Crippen LogP contribution in [0.5, 0.6) is 0 Å². The highest BCUT2D eigenvalue weighted by Gasteiger charge is 2.27. The Morgan fingerprint density at radius 3 is 2.28 bits per heavy atom. The molecule has 18 heavy (non-hydrogen) atoms. The molecule has 0 radical (unpaired) electrons. The largest absolute Gasteiger partial charge is 0.313 e. The molecule has 0 bridgehead atoms. The van der Waals surface area contributed by atoms with Crippen LogP contribution in [0.1, 0.15) is 46.5 Å². The second kappa shape index (κ2) is 7.76. The van der Waals surface area contributed by atoms with E-state index in [-0.39, 0.29) is 0 Å². The third kappa shape index (κ3) is 4.43. The first-order chi connectivity index (χ1) is 8.56. The van der Waals surface area contributed by atoms with Crippen LogP contribution in [0.15, 0.2) is 0 Å². The molecule has 108 valence electrons. The lowest BCUT2D eigenvalue weighted by Gasteiger charge is -2.36. The Bertz CT molecular complexity index is 212. The van der Waals surface area contributed by atoms with Gasteiger partial charge < -0.3 is 10.2 Å². The van der Waals surface area contributed by atoms with Gasteiger partial charge in [-0.15, -0.1) is 0 Å². The number of hydrogen-bond acceptors (Lipinski definition) is 3. The van der Waals surface area contributed by atoms with Gasteiger partial charge in [-0.25, -0.2) is 0 Å². The predicted octanol–water partition coefficient (Wildman–Crippen LogP) is 3.23. The van der Waals surface area contributed by atoms with Crippen molar-refractivity contribution in [1.82, 2.24) is 10.2 Å². The predicted molar refractivity (Wildman–Crippen MR) is 84.5 cm³/mol. The zero-order valence-corrected chi connectivity index (χ0v) is 13.8. The Morgan fingerprint density at radius 1 is 1.28 bits per heavy atom. The minimum absolute atomic E-state index is 0.444. The molecule has 1 fully saturated rings. The number of likely N-dealkylation sites (tertiary alicyclic amines) is 1. The van der Waals surface area contributed by atoms with Crippen LogP contribution in [0.2, 0.25) is 0 Å². The second-order valence-corrected chi connectivity index (χ2v) is 7.18. The summed E-state index contributed by atoms with van der Waals surface area (Å²) in [6.07, 6.45) is 7.49. The molecular weight excluding hydrogens is 240 g/mol. The van der Waals surface area contributed by atoms with Crippen molar-refractivity contribution in [3.8, 4) is 0 Å². The normalized spacial score (nSPS) is 21.2. The van der Waals surface area contributed by atoms with Crippen LogP contribution in [0.25, 0.3) is 0 Å². The maximum atomic E-state index is 3.82. The number of nitrogens with one attached hydrogen (secondary N) is 1. The van der Waals surface area contributed by atoms with Gasteiger partial charge >= 0.3 is 0 Å². The summed E-state index contributed by atoms with van der Waals surface area (Å²) in [4.78, 5) is 2.45. The van der Waals surface area contributed by atoms with Crippen molar-refractivity contribution < 1.29 is 0 Å². The third-order valence-electron chi connectivity index (χ3n) is 4.94. The molecule has 1 rings (SSSR count). The number of nitrogens with zero attached hydrogens (tertiary/aromatic N) is 1. The molecule has 1 aliphatic rings. The molecule has 0 aromatic heterocycles. The maximum absolute atomic E-state index is 3.82. The van der Waals surface area contributed by atoms with E-state index < -0.39 is 0 Å². The first-order valence-electron chi connectivity index (χ1n) is 7.54. The summed E-state index contributed by atoms with van der Waals surface area (Å²) in [7, 11) is 2.24. The van der Waals surface area contributed by atoms with E-state index in [9.17, 15) is 0 Å². The van der Waals surface area contributed by atoms with E-state index in [0.717, 1.165) is 12.5 Å². The van der Waals surface area contributed by atoms with Gasteiger partial charge in [-0.05, 0) is 64.9 Å².